The van der Waals surface area contributed by atoms with Crippen molar-refractivity contribution < 1.29 is 4.74 Å². The molecular formula is C13H17N5OS. The SMILES string of the molecule is CCC(NCc1c(OC)nc2sccn12)c1ncc[nH]1. The molecule has 0 bridgehead atoms. The van der Waals surface area contributed by atoms with Crippen molar-refractivity contribution in [3.05, 3.63) is 35.5 Å². The number of H-pyrrole nitrogens is 1. The minimum atomic E-state index is 0.193. The molecule has 0 aromatic carbocycles. The molecular weight excluding hydrogens is 274 g/mol. The van der Waals surface area contributed by atoms with Crippen LogP contribution >= 0.6 is 11.3 Å². The Hall–Kier alpha value is -1.86. The molecule has 6 nitrogen and oxygen atoms in total. The Morgan fingerprint density at radius 1 is 1.55 bits per heavy atom. The third-order valence-corrected chi connectivity index (χ3v) is 4.05. The van der Waals surface area contributed by atoms with Crippen molar-refractivity contribution in [2.75, 3.05) is 7.11 Å². The zero-order chi connectivity index (χ0) is 13.9. The maximum absolute atomic E-state index is 5.36. The van der Waals surface area contributed by atoms with E-state index in [1.165, 1.54) is 0 Å². The first-order valence-corrected chi connectivity index (χ1v) is 7.42. The van der Waals surface area contributed by atoms with Crippen molar-refractivity contribution in [3.63, 3.8) is 0 Å². The van der Waals surface area contributed by atoms with Gasteiger partial charge in [-0.3, -0.25) is 4.40 Å². The van der Waals surface area contributed by atoms with E-state index < -0.39 is 0 Å². The molecule has 3 aromatic heterocycles. The monoisotopic (exact) mass is 291 g/mol. The lowest BCUT2D eigenvalue weighted by Crippen LogP contribution is -2.22. The molecule has 0 radical (unpaired) electrons. The zero-order valence-corrected chi connectivity index (χ0v) is 12.3. The number of hydrogen-bond acceptors (Lipinski definition) is 5. The number of fused-ring (bicyclic) bond motifs is 1. The number of ether oxygens (including phenoxy) is 1. The van der Waals surface area contributed by atoms with Crippen LogP contribution in [0.25, 0.3) is 4.96 Å². The first-order chi connectivity index (χ1) is 9.83. The van der Waals surface area contributed by atoms with E-state index in [2.05, 4.69) is 31.6 Å². The highest BCUT2D eigenvalue weighted by Crippen LogP contribution is 2.24. The molecule has 0 amide bonds. The fourth-order valence-electron chi connectivity index (χ4n) is 2.26. The van der Waals surface area contributed by atoms with Crippen LogP contribution in [0.15, 0.2) is 24.0 Å². The average Bonchev–Trinajstić information content (AvgIpc) is 3.16. The van der Waals surface area contributed by atoms with Gasteiger partial charge in [0, 0.05) is 30.5 Å². The van der Waals surface area contributed by atoms with Crippen molar-refractivity contribution in [1.29, 1.82) is 0 Å². The summed E-state index contributed by atoms with van der Waals surface area (Å²) in [6, 6.07) is 0.193. The van der Waals surface area contributed by atoms with E-state index in [-0.39, 0.29) is 6.04 Å². The first-order valence-electron chi connectivity index (χ1n) is 6.54. The van der Waals surface area contributed by atoms with Crippen LogP contribution in [0, 0.1) is 0 Å². The maximum Gasteiger partial charge on any atom is 0.237 e. The van der Waals surface area contributed by atoms with Crippen molar-refractivity contribution in [2.24, 2.45) is 0 Å². The largest absolute Gasteiger partial charge is 0.480 e. The Morgan fingerprint density at radius 2 is 2.45 bits per heavy atom. The smallest absolute Gasteiger partial charge is 0.237 e. The highest BCUT2D eigenvalue weighted by Gasteiger charge is 2.16. The van der Waals surface area contributed by atoms with E-state index in [4.69, 9.17) is 4.74 Å². The van der Waals surface area contributed by atoms with Crippen molar-refractivity contribution in [2.45, 2.75) is 25.9 Å². The number of nitrogens with zero attached hydrogens (tertiary/aromatic N) is 3. The molecule has 0 fully saturated rings. The van der Waals surface area contributed by atoms with E-state index in [0.29, 0.717) is 12.4 Å². The lowest BCUT2D eigenvalue weighted by Gasteiger charge is -2.14. The van der Waals surface area contributed by atoms with Gasteiger partial charge in [0.2, 0.25) is 5.88 Å². The highest BCUT2D eigenvalue weighted by molar-refractivity contribution is 7.15. The fraction of sp³-hybridized carbons (Fsp3) is 0.385. The van der Waals surface area contributed by atoms with E-state index in [9.17, 15) is 0 Å². The molecule has 2 N–H and O–H groups in total. The minimum absolute atomic E-state index is 0.193. The van der Waals surface area contributed by atoms with Gasteiger partial charge in [-0.15, -0.1) is 11.3 Å². The Labute approximate surface area is 120 Å². The topological polar surface area (TPSA) is 67.2 Å². The van der Waals surface area contributed by atoms with Crippen molar-refractivity contribution >= 4 is 16.3 Å². The molecule has 1 atom stereocenters. The van der Waals surface area contributed by atoms with E-state index in [1.807, 2.05) is 17.8 Å². The van der Waals surface area contributed by atoms with Crippen LogP contribution in [0.4, 0.5) is 0 Å². The third-order valence-electron chi connectivity index (χ3n) is 3.29. The molecule has 3 rings (SSSR count). The van der Waals surface area contributed by atoms with Crippen molar-refractivity contribution in [3.8, 4) is 5.88 Å². The summed E-state index contributed by atoms with van der Waals surface area (Å²) in [6.45, 7) is 2.81. The third kappa shape index (κ3) is 2.30. The van der Waals surface area contributed by atoms with Crippen molar-refractivity contribution in [1.82, 2.24) is 24.7 Å². The molecule has 0 saturated heterocycles. The summed E-state index contributed by atoms with van der Waals surface area (Å²) in [5.74, 6) is 1.64. The van der Waals surface area contributed by atoms with Gasteiger partial charge in [-0.25, -0.2) is 4.98 Å². The van der Waals surface area contributed by atoms with E-state index >= 15 is 0 Å². The van der Waals surface area contributed by atoms with Crippen LogP contribution in [-0.2, 0) is 6.54 Å². The quantitative estimate of drug-likeness (QED) is 0.731. The van der Waals surface area contributed by atoms with Gasteiger partial charge in [0.1, 0.15) is 11.5 Å². The number of aromatic amines is 1. The van der Waals surface area contributed by atoms with Crippen LogP contribution in [0.3, 0.4) is 0 Å². The Balaban J connectivity index is 1.80. The highest BCUT2D eigenvalue weighted by atomic mass is 32.1. The van der Waals surface area contributed by atoms with E-state index in [1.54, 1.807) is 24.6 Å². The Kier molecular flexibility index (Phi) is 3.70. The Bertz CT molecular complexity index is 672. The lowest BCUT2D eigenvalue weighted by molar-refractivity contribution is 0.389. The zero-order valence-electron chi connectivity index (χ0n) is 11.5. The molecule has 3 heterocycles. The van der Waals surface area contributed by atoms with Crippen LogP contribution in [0.5, 0.6) is 5.88 Å². The normalized spacial score (nSPS) is 12.9. The molecule has 20 heavy (non-hydrogen) atoms. The molecule has 0 saturated carbocycles. The second-order valence-corrected chi connectivity index (χ2v) is 5.31. The predicted octanol–water partition coefficient (Wildman–Crippen LogP) is 2.37. The van der Waals surface area contributed by atoms with Crippen LogP contribution in [0.1, 0.15) is 30.9 Å². The molecule has 1 unspecified atom stereocenters. The second-order valence-electron chi connectivity index (χ2n) is 4.44. The molecule has 0 aliphatic heterocycles. The number of rotatable bonds is 6. The lowest BCUT2D eigenvalue weighted by atomic mass is 10.2. The van der Waals surface area contributed by atoms with Crippen LogP contribution in [-0.4, -0.2) is 26.5 Å². The van der Waals surface area contributed by atoms with Gasteiger partial charge in [0.25, 0.3) is 0 Å². The molecule has 3 aromatic rings. The molecule has 0 spiro atoms. The van der Waals surface area contributed by atoms with E-state index in [0.717, 1.165) is 22.9 Å². The summed E-state index contributed by atoms with van der Waals surface area (Å²) in [6.07, 6.45) is 6.59. The number of aromatic nitrogens is 4. The summed E-state index contributed by atoms with van der Waals surface area (Å²) in [4.78, 5) is 12.9. The van der Waals surface area contributed by atoms with Crippen LogP contribution in [0.2, 0.25) is 0 Å². The van der Waals surface area contributed by atoms with Gasteiger partial charge in [-0.05, 0) is 6.42 Å². The number of hydrogen-bond donors (Lipinski definition) is 2. The summed E-state index contributed by atoms with van der Waals surface area (Å²) in [7, 11) is 1.65. The number of thiazole rings is 1. The first kappa shape index (κ1) is 13.1. The standard InChI is InChI=1S/C13H17N5OS/c1-3-9(11-14-4-5-15-11)16-8-10-12(19-2)17-13-18(10)6-7-20-13/h4-7,9,16H,3,8H2,1-2H3,(H,14,15). The summed E-state index contributed by atoms with van der Waals surface area (Å²) in [5, 5.41) is 5.52. The van der Waals surface area contributed by atoms with Gasteiger partial charge in [0.05, 0.1) is 13.2 Å². The fourth-order valence-corrected chi connectivity index (χ4v) is 2.98. The minimum Gasteiger partial charge on any atom is -0.480 e. The average molecular weight is 291 g/mol. The molecule has 0 aliphatic carbocycles. The molecule has 7 heteroatoms. The molecule has 106 valence electrons. The maximum atomic E-state index is 5.36. The van der Waals surface area contributed by atoms with Gasteiger partial charge in [-0.2, -0.15) is 4.98 Å². The second kappa shape index (κ2) is 5.64. The Morgan fingerprint density at radius 3 is 3.15 bits per heavy atom. The van der Waals surface area contributed by atoms with Gasteiger partial charge < -0.3 is 15.0 Å². The number of nitrogens with one attached hydrogen (secondary N) is 2. The number of methoxy groups -OCH3 is 1. The predicted molar refractivity (Wildman–Crippen MR) is 78.1 cm³/mol. The van der Waals surface area contributed by atoms with Crippen LogP contribution < -0.4 is 10.1 Å². The summed E-state index contributed by atoms with van der Waals surface area (Å²) < 4.78 is 7.42. The molecule has 0 aliphatic rings. The summed E-state index contributed by atoms with van der Waals surface area (Å²) >= 11 is 1.60. The van der Waals surface area contributed by atoms with Gasteiger partial charge >= 0.3 is 0 Å². The summed E-state index contributed by atoms with van der Waals surface area (Å²) in [5.41, 5.74) is 1.04. The van der Waals surface area contributed by atoms with Gasteiger partial charge in [0.15, 0.2) is 4.96 Å². The number of imidazole rings is 2. The van der Waals surface area contributed by atoms with Gasteiger partial charge in [-0.1, -0.05) is 6.92 Å².